The first kappa shape index (κ1) is 12.9. The number of hydrogen-bond donors (Lipinski definition) is 1. The van der Waals surface area contributed by atoms with E-state index in [9.17, 15) is 4.79 Å². The van der Waals surface area contributed by atoms with Crippen molar-refractivity contribution in [2.75, 3.05) is 12.8 Å². The van der Waals surface area contributed by atoms with Crippen molar-refractivity contribution in [2.24, 2.45) is 11.8 Å². The van der Waals surface area contributed by atoms with E-state index in [0.717, 1.165) is 17.7 Å². The van der Waals surface area contributed by atoms with Gasteiger partial charge in [-0.3, -0.25) is 4.79 Å². The summed E-state index contributed by atoms with van der Waals surface area (Å²) in [5.41, 5.74) is 7.70. The number of para-hydroxylation sites is 1. The van der Waals surface area contributed by atoms with E-state index in [1.807, 2.05) is 36.2 Å². The van der Waals surface area contributed by atoms with Gasteiger partial charge in [-0.25, -0.2) is 0 Å². The van der Waals surface area contributed by atoms with Gasteiger partial charge in [-0.2, -0.15) is 0 Å². The van der Waals surface area contributed by atoms with Crippen molar-refractivity contribution in [1.82, 2.24) is 4.90 Å². The van der Waals surface area contributed by atoms with Gasteiger partial charge in [0.2, 0.25) is 5.91 Å². The van der Waals surface area contributed by atoms with Gasteiger partial charge in [-0.05, 0) is 30.4 Å². The van der Waals surface area contributed by atoms with Crippen LogP contribution >= 0.6 is 0 Å². The number of rotatable bonds is 3. The third kappa shape index (κ3) is 2.66. The van der Waals surface area contributed by atoms with Gasteiger partial charge < -0.3 is 10.6 Å². The molecule has 1 aliphatic carbocycles. The molecule has 1 aliphatic rings. The summed E-state index contributed by atoms with van der Waals surface area (Å²) in [4.78, 5) is 14.2. The van der Waals surface area contributed by atoms with Crippen LogP contribution in [0.1, 0.15) is 31.7 Å². The first-order chi connectivity index (χ1) is 8.59. The van der Waals surface area contributed by atoms with Gasteiger partial charge in [0.15, 0.2) is 0 Å². The third-order valence-electron chi connectivity index (χ3n) is 4.02. The van der Waals surface area contributed by atoms with Crippen LogP contribution in [0.15, 0.2) is 24.3 Å². The molecule has 0 heterocycles. The van der Waals surface area contributed by atoms with Crippen molar-refractivity contribution < 1.29 is 4.79 Å². The van der Waals surface area contributed by atoms with Crippen LogP contribution in [-0.2, 0) is 11.3 Å². The van der Waals surface area contributed by atoms with Gasteiger partial charge in [0.25, 0.3) is 0 Å². The van der Waals surface area contributed by atoms with Gasteiger partial charge >= 0.3 is 0 Å². The van der Waals surface area contributed by atoms with E-state index >= 15 is 0 Å². The summed E-state index contributed by atoms with van der Waals surface area (Å²) < 4.78 is 0. The molecule has 0 saturated heterocycles. The largest absolute Gasteiger partial charge is 0.398 e. The molecule has 0 aromatic heterocycles. The molecular weight excluding hydrogens is 224 g/mol. The molecule has 1 fully saturated rings. The summed E-state index contributed by atoms with van der Waals surface area (Å²) >= 11 is 0. The molecule has 1 aromatic rings. The highest BCUT2D eigenvalue weighted by molar-refractivity contribution is 5.79. The molecule has 2 N–H and O–H groups in total. The summed E-state index contributed by atoms with van der Waals surface area (Å²) in [5, 5.41) is 0. The van der Waals surface area contributed by atoms with Gasteiger partial charge in [-0.1, -0.05) is 31.5 Å². The maximum atomic E-state index is 12.4. The Bertz CT molecular complexity index is 430. The van der Waals surface area contributed by atoms with Crippen LogP contribution in [0.5, 0.6) is 0 Å². The van der Waals surface area contributed by atoms with E-state index < -0.39 is 0 Å². The molecule has 0 spiro atoms. The van der Waals surface area contributed by atoms with E-state index in [4.69, 9.17) is 5.73 Å². The first-order valence-electron chi connectivity index (χ1n) is 6.68. The van der Waals surface area contributed by atoms with Gasteiger partial charge in [0.1, 0.15) is 0 Å². The average Bonchev–Trinajstić information content (AvgIpc) is 2.77. The fourth-order valence-electron chi connectivity index (χ4n) is 2.81. The number of nitrogen functional groups attached to an aromatic ring is 1. The Kier molecular flexibility index (Phi) is 3.90. The summed E-state index contributed by atoms with van der Waals surface area (Å²) in [5.74, 6) is 0.997. The second-order valence-electron chi connectivity index (χ2n) is 5.41. The average molecular weight is 246 g/mol. The second kappa shape index (κ2) is 5.42. The van der Waals surface area contributed by atoms with Gasteiger partial charge in [0.05, 0.1) is 0 Å². The Balaban J connectivity index is 2.01. The third-order valence-corrected chi connectivity index (χ3v) is 4.02. The molecule has 18 heavy (non-hydrogen) atoms. The van der Waals surface area contributed by atoms with Crippen molar-refractivity contribution in [3.63, 3.8) is 0 Å². The zero-order chi connectivity index (χ0) is 13.1. The Morgan fingerprint density at radius 1 is 1.39 bits per heavy atom. The normalized spacial score (nSPS) is 23.0. The van der Waals surface area contributed by atoms with Crippen molar-refractivity contribution >= 4 is 11.6 Å². The summed E-state index contributed by atoms with van der Waals surface area (Å²) in [6, 6.07) is 7.74. The minimum atomic E-state index is 0.208. The minimum Gasteiger partial charge on any atom is -0.398 e. The monoisotopic (exact) mass is 246 g/mol. The molecule has 2 atom stereocenters. The number of carbonyl (C=O) groups is 1. The fraction of sp³-hybridized carbons (Fsp3) is 0.533. The van der Waals surface area contributed by atoms with E-state index in [-0.39, 0.29) is 11.8 Å². The lowest BCUT2D eigenvalue weighted by Crippen LogP contribution is -2.33. The molecular formula is C15H22N2O. The highest BCUT2D eigenvalue weighted by Crippen LogP contribution is 2.32. The number of hydrogen-bond acceptors (Lipinski definition) is 2. The van der Waals surface area contributed by atoms with Crippen LogP contribution in [0.4, 0.5) is 5.69 Å². The molecule has 1 saturated carbocycles. The number of nitrogens with zero attached hydrogens (tertiary/aromatic N) is 1. The molecule has 3 nitrogen and oxygen atoms in total. The Morgan fingerprint density at radius 3 is 2.72 bits per heavy atom. The zero-order valence-electron chi connectivity index (χ0n) is 11.2. The number of anilines is 1. The van der Waals surface area contributed by atoms with Gasteiger partial charge in [-0.15, -0.1) is 0 Å². The molecule has 0 bridgehead atoms. The van der Waals surface area contributed by atoms with E-state index in [0.29, 0.717) is 12.5 Å². The molecule has 2 rings (SSSR count). The summed E-state index contributed by atoms with van der Waals surface area (Å²) in [6.45, 7) is 2.79. The van der Waals surface area contributed by atoms with Crippen molar-refractivity contribution in [3.8, 4) is 0 Å². The molecule has 1 aromatic carbocycles. The quantitative estimate of drug-likeness (QED) is 0.833. The van der Waals surface area contributed by atoms with Crippen molar-refractivity contribution in [1.29, 1.82) is 0 Å². The maximum Gasteiger partial charge on any atom is 0.225 e. The van der Waals surface area contributed by atoms with Crippen LogP contribution in [0.3, 0.4) is 0 Å². The lowest BCUT2D eigenvalue weighted by molar-refractivity contribution is -0.135. The van der Waals surface area contributed by atoms with Crippen LogP contribution < -0.4 is 5.73 Å². The Hall–Kier alpha value is -1.51. The van der Waals surface area contributed by atoms with Crippen molar-refractivity contribution in [2.45, 2.75) is 32.7 Å². The first-order valence-corrected chi connectivity index (χ1v) is 6.68. The summed E-state index contributed by atoms with van der Waals surface area (Å²) in [7, 11) is 1.87. The number of nitrogens with two attached hydrogens (primary N) is 1. The SMILES string of the molecule is CC1CCCC1C(=O)N(C)Cc1ccccc1N. The van der Waals surface area contributed by atoms with Crippen LogP contribution in [0.2, 0.25) is 0 Å². The molecule has 98 valence electrons. The van der Waals surface area contributed by atoms with Gasteiger partial charge in [0, 0.05) is 25.2 Å². The Labute approximate surface area is 109 Å². The predicted molar refractivity (Wildman–Crippen MR) is 73.8 cm³/mol. The van der Waals surface area contributed by atoms with Crippen LogP contribution in [0.25, 0.3) is 0 Å². The number of carbonyl (C=O) groups excluding carboxylic acids is 1. The zero-order valence-corrected chi connectivity index (χ0v) is 11.2. The van der Waals surface area contributed by atoms with E-state index in [1.165, 1.54) is 12.8 Å². The highest BCUT2D eigenvalue weighted by Gasteiger charge is 2.31. The molecule has 0 radical (unpaired) electrons. The van der Waals surface area contributed by atoms with Crippen LogP contribution in [0, 0.1) is 11.8 Å². The van der Waals surface area contributed by atoms with Crippen molar-refractivity contribution in [3.05, 3.63) is 29.8 Å². The molecule has 0 aliphatic heterocycles. The second-order valence-corrected chi connectivity index (χ2v) is 5.41. The minimum absolute atomic E-state index is 0.208. The number of benzene rings is 1. The topological polar surface area (TPSA) is 46.3 Å². The summed E-state index contributed by atoms with van der Waals surface area (Å²) in [6.07, 6.45) is 3.39. The lowest BCUT2D eigenvalue weighted by Gasteiger charge is -2.24. The Morgan fingerprint density at radius 2 is 2.11 bits per heavy atom. The molecule has 1 amide bonds. The predicted octanol–water partition coefficient (Wildman–Crippen LogP) is 2.66. The molecule has 3 heteroatoms. The smallest absolute Gasteiger partial charge is 0.225 e. The maximum absolute atomic E-state index is 12.4. The lowest BCUT2D eigenvalue weighted by atomic mass is 9.96. The van der Waals surface area contributed by atoms with E-state index in [2.05, 4.69) is 6.92 Å². The fourth-order valence-corrected chi connectivity index (χ4v) is 2.81. The highest BCUT2D eigenvalue weighted by atomic mass is 16.2. The molecule has 2 unspecified atom stereocenters. The number of amides is 1. The standard InChI is InChI=1S/C15H22N2O/c1-11-6-5-8-13(11)15(18)17(2)10-12-7-3-4-9-14(12)16/h3-4,7,9,11,13H,5-6,8,10,16H2,1-2H3. The van der Waals surface area contributed by atoms with Crippen LogP contribution in [-0.4, -0.2) is 17.9 Å². The van der Waals surface area contributed by atoms with E-state index in [1.54, 1.807) is 0 Å².